The van der Waals surface area contributed by atoms with Gasteiger partial charge in [0.1, 0.15) is 11.6 Å². The number of nitrogens with one attached hydrogen (secondary N) is 1. The Bertz CT molecular complexity index is 370. The molecule has 1 fully saturated rings. The van der Waals surface area contributed by atoms with Crippen molar-refractivity contribution in [1.82, 2.24) is 5.32 Å². The van der Waals surface area contributed by atoms with Crippen molar-refractivity contribution < 1.29 is 9.50 Å². The number of aromatic hydroxyl groups is 1. The molecule has 1 heterocycles. The first-order valence-corrected chi connectivity index (χ1v) is 5.64. The zero-order valence-electron chi connectivity index (χ0n) is 9.12. The van der Waals surface area contributed by atoms with Gasteiger partial charge in [-0.15, -0.1) is 0 Å². The Labute approximate surface area is 94.5 Å². The van der Waals surface area contributed by atoms with Crippen LogP contribution >= 0.6 is 0 Å². The molecule has 0 saturated carbocycles. The number of nitrogens with two attached hydrogens (primary N) is 1. The van der Waals surface area contributed by atoms with Gasteiger partial charge in [-0.3, -0.25) is 0 Å². The van der Waals surface area contributed by atoms with Crippen LogP contribution in [0.3, 0.4) is 0 Å². The van der Waals surface area contributed by atoms with Crippen molar-refractivity contribution in [3.63, 3.8) is 0 Å². The monoisotopic (exact) mass is 224 g/mol. The normalized spacial score (nSPS) is 24.9. The highest BCUT2D eigenvalue weighted by atomic mass is 19.1. The second kappa shape index (κ2) is 4.80. The lowest BCUT2D eigenvalue weighted by Crippen LogP contribution is -2.28. The first-order valence-electron chi connectivity index (χ1n) is 5.64. The van der Waals surface area contributed by atoms with Crippen molar-refractivity contribution in [2.24, 2.45) is 5.73 Å². The second-order valence-corrected chi connectivity index (χ2v) is 4.24. The molecular weight excluding hydrogens is 207 g/mol. The summed E-state index contributed by atoms with van der Waals surface area (Å²) in [7, 11) is 0. The first kappa shape index (κ1) is 11.4. The van der Waals surface area contributed by atoms with Gasteiger partial charge in [0.25, 0.3) is 0 Å². The van der Waals surface area contributed by atoms with Crippen molar-refractivity contribution in [1.29, 1.82) is 0 Å². The predicted octanol–water partition coefficient (Wildman–Crippen LogP) is 1.33. The number of halogens is 1. The number of phenolic OH excluding ortho intramolecular Hbond substituents is 1. The second-order valence-electron chi connectivity index (χ2n) is 4.24. The van der Waals surface area contributed by atoms with E-state index >= 15 is 0 Å². The van der Waals surface area contributed by atoms with Crippen molar-refractivity contribution in [3.05, 3.63) is 29.6 Å². The molecule has 3 nitrogen and oxygen atoms in total. The average molecular weight is 224 g/mol. The summed E-state index contributed by atoms with van der Waals surface area (Å²) >= 11 is 0. The molecule has 4 heteroatoms. The molecule has 0 amide bonds. The maximum atomic E-state index is 12.9. The molecule has 0 aromatic heterocycles. The van der Waals surface area contributed by atoms with E-state index in [9.17, 15) is 9.50 Å². The fourth-order valence-electron chi connectivity index (χ4n) is 2.45. The summed E-state index contributed by atoms with van der Waals surface area (Å²) < 4.78 is 12.9. The Balaban J connectivity index is 2.22. The van der Waals surface area contributed by atoms with Crippen LogP contribution in [0, 0.1) is 5.82 Å². The van der Waals surface area contributed by atoms with E-state index in [1.54, 1.807) is 6.07 Å². The maximum absolute atomic E-state index is 12.9. The summed E-state index contributed by atoms with van der Waals surface area (Å²) in [6, 6.07) is 4.53. The topological polar surface area (TPSA) is 58.3 Å². The summed E-state index contributed by atoms with van der Waals surface area (Å²) in [5.74, 6) is -0.109. The van der Waals surface area contributed by atoms with E-state index < -0.39 is 5.82 Å². The molecule has 2 atom stereocenters. The highest BCUT2D eigenvalue weighted by molar-refractivity contribution is 5.37. The third-order valence-electron chi connectivity index (χ3n) is 3.22. The van der Waals surface area contributed by atoms with Gasteiger partial charge in [0.2, 0.25) is 0 Å². The van der Waals surface area contributed by atoms with Gasteiger partial charge < -0.3 is 16.2 Å². The Morgan fingerprint density at radius 2 is 2.31 bits per heavy atom. The third kappa shape index (κ3) is 2.18. The van der Waals surface area contributed by atoms with E-state index in [0.717, 1.165) is 24.9 Å². The molecule has 1 aromatic carbocycles. The Morgan fingerprint density at radius 3 is 3.00 bits per heavy atom. The molecule has 4 N–H and O–H groups in total. The molecule has 0 bridgehead atoms. The molecule has 1 saturated heterocycles. The number of rotatable bonds is 3. The molecular formula is C12H17FN2O. The first-order chi connectivity index (χ1) is 7.72. The molecule has 2 unspecified atom stereocenters. The van der Waals surface area contributed by atoms with E-state index in [4.69, 9.17) is 5.73 Å². The molecule has 0 radical (unpaired) electrons. The van der Waals surface area contributed by atoms with Crippen molar-refractivity contribution in [2.45, 2.75) is 24.8 Å². The lowest BCUT2D eigenvalue weighted by Gasteiger charge is -2.20. The van der Waals surface area contributed by atoms with Crippen LogP contribution in [0.4, 0.5) is 4.39 Å². The molecule has 1 aliphatic heterocycles. The van der Waals surface area contributed by atoms with Crippen LogP contribution < -0.4 is 11.1 Å². The van der Waals surface area contributed by atoms with Crippen LogP contribution in [-0.2, 0) is 0 Å². The van der Waals surface area contributed by atoms with Gasteiger partial charge >= 0.3 is 0 Å². The van der Waals surface area contributed by atoms with Gasteiger partial charge in [0, 0.05) is 18.0 Å². The highest BCUT2D eigenvalue weighted by Gasteiger charge is 2.29. The van der Waals surface area contributed by atoms with Crippen molar-refractivity contribution in [3.8, 4) is 5.75 Å². The summed E-state index contributed by atoms with van der Waals surface area (Å²) in [5, 5.41) is 13.1. The Morgan fingerprint density at radius 1 is 1.50 bits per heavy atom. The summed E-state index contributed by atoms with van der Waals surface area (Å²) in [6.07, 6.45) is 1.84. The smallest absolute Gasteiger partial charge is 0.126 e. The van der Waals surface area contributed by atoms with Crippen molar-refractivity contribution in [2.75, 3.05) is 13.1 Å². The third-order valence-corrected chi connectivity index (χ3v) is 3.22. The average Bonchev–Trinajstić information content (AvgIpc) is 2.67. The van der Waals surface area contributed by atoms with E-state index in [-0.39, 0.29) is 11.7 Å². The van der Waals surface area contributed by atoms with Gasteiger partial charge in [-0.05, 0) is 37.6 Å². The molecule has 0 spiro atoms. The predicted molar refractivity (Wildman–Crippen MR) is 60.9 cm³/mol. The van der Waals surface area contributed by atoms with Gasteiger partial charge in [-0.25, -0.2) is 4.39 Å². The highest BCUT2D eigenvalue weighted by Crippen LogP contribution is 2.34. The van der Waals surface area contributed by atoms with Crippen LogP contribution in [0.5, 0.6) is 5.75 Å². The molecule has 0 aliphatic carbocycles. The number of benzene rings is 1. The molecule has 2 rings (SSSR count). The van der Waals surface area contributed by atoms with Crippen LogP contribution in [0.2, 0.25) is 0 Å². The lowest BCUT2D eigenvalue weighted by molar-refractivity contribution is 0.442. The van der Waals surface area contributed by atoms with Gasteiger partial charge in [0.15, 0.2) is 0 Å². The number of phenols is 1. The summed E-state index contributed by atoms with van der Waals surface area (Å²) in [4.78, 5) is 0. The molecule has 1 aromatic rings. The van der Waals surface area contributed by atoms with Crippen LogP contribution in [0.1, 0.15) is 24.3 Å². The van der Waals surface area contributed by atoms with E-state index in [2.05, 4.69) is 5.32 Å². The largest absolute Gasteiger partial charge is 0.508 e. The van der Waals surface area contributed by atoms with E-state index in [0.29, 0.717) is 12.6 Å². The number of hydrogen-bond acceptors (Lipinski definition) is 3. The van der Waals surface area contributed by atoms with E-state index in [1.165, 1.54) is 12.1 Å². The summed E-state index contributed by atoms with van der Waals surface area (Å²) in [6.45, 7) is 1.54. The van der Waals surface area contributed by atoms with E-state index in [1.807, 2.05) is 0 Å². The molecule has 16 heavy (non-hydrogen) atoms. The zero-order chi connectivity index (χ0) is 11.5. The molecule has 1 aliphatic rings. The quantitative estimate of drug-likeness (QED) is 0.726. The SMILES string of the molecule is NCCC1NCCC1c1ccc(F)cc1O. The van der Waals surface area contributed by atoms with Gasteiger partial charge in [0.05, 0.1) is 0 Å². The standard InChI is InChI=1S/C12H17FN2O/c13-8-1-2-10(12(16)7-8)9-4-6-15-11(9)3-5-14/h1-2,7,9,11,15-16H,3-6,14H2. The van der Waals surface area contributed by atoms with Crippen LogP contribution in [0.15, 0.2) is 18.2 Å². The minimum Gasteiger partial charge on any atom is -0.508 e. The minimum atomic E-state index is -0.400. The van der Waals surface area contributed by atoms with Gasteiger partial charge in [-0.1, -0.05) is 6.07 Å². The van der Waals surface area contributed by atoms with Crippen molar-refractivity contribution >= 4 is 0 Å². The number of hydrogen-bond donors (Lipinski definition) is 3. The zero-order valence-corrected chi connectivity index (χ0v) is 9.12. The summed E-state index contributed by atoms with van der Waals surface area (Å²) in [5.41, 5.74) is 6.37. The Hall–Kier alpha value is -1.13. The molecule has 88 valence electrons. The van der Waals surface area contributed by atoms with Crippen LogP contribution in [0.25, 0.3) is 0 Å². The van der Waals surface area contributed by atoms with Crippen LogP contribution in [-0.4, -0.2) is 24.2 Å². The Kier molecular flexibility index (Phi) is 3.41. The maximum Gasteiger partial charge on any atom is 0.126 e. The lowest BCUT2D eigenvalue weighted by atomic mass is 9.89. The fourth-order valence-corrected chi connectivity index (χ4v) is 2.45. The fraction of sp³-hybridized carbons (Fsp3) is 0.500. The van der Waals surface area contributed by atoms with Gasteiger partial charge in [-0.2, -0.15) is 0 Å². The minimum absolute atomic E-state index is 0.0516.